The maximum Gasteiger partial charge on any atom is 0.0136 e. The van der Waals surface area contributed by atoms with Crippen LogP contribution in [-0.4, -0.2) is 55.1 Å². The molecule has 1 heterocycles. The lowest BCUT2D eigenvalue weighted by atomic mass is 9.83. The Hall–Kier alpha value is -0.120. The zero-order valence-corrected chi connectivity index (χ0v) is 12.1. The first-order valence-corrected chi connectivity index (χ1v) is 8.01. The normalized spacial score (nSPS) is 30.2. The average molecular weight is 253 g/mol. The number of hydrogen-bond donors (Lipinski definition) is 1. The van der Waals surface area contributed by atoms with Gasteiger partial charge < -0.3 is 10.6 Å². The van der Waals surface area contributed by atoms with E-state index < -0.39 is 0 Å². The molecular weight excluding hydrogens is 222 g/mol. The van der Waals surface area contributed by atoms with Crippen LogP contribution in [0.3, 0.4) is 0 Å². The van der Waals surface area contributed by atoms with Gasteiger partial charge in [-0.05, 0) is 57.8 Å². The summed E-state index contributed by atoms with van der Waals surface area (Å²) in [5.41, 5.74) is 5.97. The van der Waals surface area contributed by atoms with Gasteiger partial charge in [0.05, 0.1) is 0 Å². The van der Waals surface area contributed by atoms with E-state index in [0.29, 0.717) is 0 Å². The van der Waals surface area contributed by atoms with Gasteiger partial charge in [0.2, 0.25) is 0 Å². The molecule has 3 heteroatoms. The van der Waals surface area contributed by atoms with Gasteiger partial charge in [0.25, 0.3) is 0 Å². The fourth-order valence-electron chi connectivity index (χ4n) is 3.78. The molecule has 106 valence electrons. The summed E-state index contributed by atoms with van der Waals surface area (Å²) in [6, 6.07) is 0.761. The summed E-state index contributed by atoms with van der Waals surface area (Å²) in [6.45, 7) is 9.54. The van der Waals surface area contributed by atoms with E-state index in [1.54, 1.807) is 0 Å². The Kier molecular flexibility index (Phi) is 5.93. The van der Waals surface area contributed by atoms with Crippen LogP contribution < -0.4 is 5.73 Å². The third-order valence-electron chi connectivity index (χ3n) is 4.95. The highest BCUT2D eigenvalue weighted by molar-refractivity contribution is 4.84. The number of likely N-dealkylation sites (tertiary alicyclic amines) is 1. The zero-order chi connectivity index (χ0) is 12.8. The molecule has 1 aliphatic carbocycles. The van der Waals surface area contributed by atoms with Crippen molar-refractivity contribution in [3.63, 3.8) is 0 Å². The second-order valence-corrected chi connectivity index (χ2v) is 6.02. The molecule has 0 aromatic rings. The van der Waals surface area contributed by atoms with Gasteiger partial charge in [0.15, 0.2) is 0 Å². The molecule has 2 fully saturated rings. The third kappa shape index (κ3) is 3.69. The highest BCUT2D eigenvalue weighted by atomic mass is 15.2. The quantitative estimate of drug-likeness (QED) is 0.785. The number of likely N-dealkylation sites (N-methyl/N-ethyl adjacent to an activating group) is 1. The van der Waals surface area contributed by atoms with Crippen molar-refractivity contribution in [2.45, 2.75) is 51.5 Å². The predicted molar refractivity (Wildman–Crippen MR) is 77.7 cm³/mol. The topological polar surface area (TPSA) is 32.5 Å². The van der Waals surface area contributed by atoms with Crippen LogP contribution in [0.4, 0.5) is 0 Å². The highest BCUT2D eigenvalue weighted by Crippen LogP contribution is 2.27. The molecule has 1 aliphatic heterocycles. The molecule has 0 amide bonds. The molecule has 0 radical (unpaired) electrons. The van der Waals surface area contributed by atoms with Crippen molar-refractivity contribution in [1.29, 1.82) is 0 Å². The minimum Gasteiger partial charge on any atom is -0.330 e. The Balaban J connectivity index is 1.81. The van der Waals surface area contributed by atoms with Crippen LogP contribution in [0.5, 0.6) is 0 Å². The third-order valence-corrected chi connectivity index (χ3v) is 4.95. The summed E-state index contributed by atoms with van der Waals surface area (Å²) in [5.74, 6) is 0.747. The van der Waals surface area contributed by atoms with Crippen LogP contribution in [0, 0.1) is 5.92 Å². The molecule has 0 bridgehead atoms. The Morgan fingerprint density at radius 1 is 1.11 bits per heavy atom. The lowest BCUT2D eigenvalue weighted by Gasteiger charge is -2.39. The number of hydrogen-bond acceptors (Lipinski definition) is 3. The summed E-state index contributed by atoms with van der Waals surface area (Å²) in [4.78, 5) is 5.33. The standard InChI is InChI=1S/C15H31N3/c1-2-18(12-11-17-9-5-6-10-17)15-8-4-3-7-14(15)13-16/h14-15H,2-13,16H2,1H3. The largest absolute Gasteiger partial charge is 0.330 e. The lowest BCUT2D eigenvalue weighted by molar-refractivity contribution is 0.101. The van der Waals surface area contributed by atoms with E-state index in [-0.39, 0.29) is 0 Å². The summed E-state index contributed by atoms with van der Waals surface area (Å²) < 4.78 is 0. The number of nitrogens with zero attached hydrogens (tertiary/aromatic N) is 2. The fraction of sp³-hybridized carbons (Fsp3) is 1.00. The van der Waals surface area contributed by atoms with Gasteiger partial charge in [0, 0.05) is 19.1 Å². The van der Waals surface area contributed by atoms with E-state index in [1.807, 2.05) is 0 Å². The van der Waals surface area contributed by atoms with Gasteiger partial charge in [-0.15, -0.1) is 0 Å². The average Bonchev–Trinajstić information content (AvgIpc) is 2.93. The molecule has 2 atom stereocenters. The number of nitrogens with two attached hydrogens (primary N) is 1. The molecule has 18 heavy (non-hydrogen) atoms. The number of rotatable bonds is 6. The smallest absolute Gasteiger partial charge is 0.0136 e. The SMILES string of the molecule is CCN(CCN1CCCC1)C1CCCCC1CN. The molecule has 2 rings (SSSR count). The Bertz CT molecular complexity index is 226. The van der Waals surface area contributed by atoms with Crippen LogP contribution in [0.2, 0.25) is 0 Å². The molecule has 2 N–H and O–H groups in total. The van der Waals surface area contributed by atoms with Crippen molar-refractivity contribution in [3.05, 3.63) is 0 Å². The molecule has 0 aromatic heterocycles. The first kappa shape index (κ1) is 14.3. The summed E-state index contributed by atoms with van der Waals surface area (Å²) >= 11 is 0. The fourth-order valence-corrected chi connectivity index (χ4v) is 3.78. The van der Waals surface area contributed by atoms with E-state index in [2.05, 4.69) is 16.7 Å². The van der Waals surface area contributed by atoms with Crippen LogP contribution >= 0.6 is 0 Å². The minimum absolute atomic E-state index is 0.747. The van der Waals surface area contributed by atoms with Crippen LogP contribution in [0.1, 0.15) is 45.4 Å². The minimum atomic E-state index is 0.747. The molecule has 0 spiro atoms. The first-order valence-electron chi connectivity index (χ1n) is 8.01. The molecule has 1 saturated carbocycles. The molecule has 2 aliphatic rings. The van der Waals surface area contributed by atoms with Crippen molar-refractivity contribution < 1.29 is 0 Å². The van der Waals surface area contributed by atoms with Crippen molar-refractivity contribution >= 4 is 0 Å². The molecule has 1 saturated heterocycles. The van der Waals surface area contributed by atoms with Gasteiger partial charge in [-0.2, -0.15) is 0 Å². The second kappa shape index (κ2) is 7.46. The second-order valence-electron chi connectivity index (χ2n) is 6.02. The Morgan fingerprint density at radius 2 is 1.83 bits per heavy atom. The van der Waals surface area contributed by atoms with E-state index >= 15 is 0 Å². The van der Waals surface area contributed by atoms with E-state index in [9.17, 15) is 0 Å². The Morgan fingerprint density at radius 3 is 2.50 bits per heavy atom. The molecule has 3 nitrogen and oxygen atoms in total. The predicted octanol–water partition coefficient (Wildman–Crippen LogP) is 1.92. The van der Waals surface area contributed by atoms with E-state index in [4.69, 9.17) is 5.73 Å². The maximum atomic E-state index is 5.97. The van der Waals surface area contributed by atoms with Crippen LogP contribution in [-0.2, 0) is 0 Å². The molecular formula is C15H31N3. The van der Waals surface area contributed by atoms with Gasteiger partial charge in [0.1, 0.15) is 0 Å². The first-order chi connectivity index (χ1) is 8.85. The molecule has 2 unspecified atom stereocenters. The van der Waals surface area contributed by atoms with Gasteiger partial charge in [-0.3, -0.25) is 4.90 Å². The van der Waals surface area contributed by atoms with Crippen LogP contribution in [0.15, 0.2) is 0 Å². The Labute approximate surface area is 113 Å². The van der Waals surface area contributed by atoms with Crippen molar-refractivity contribution in [2.75, 3.05) is 39.3 Å². The zero-order valence-electron chi connectivity index (χ0n) is 12.1. The van der Waals surface area contributed by atoms with Gasteiger partial charge >= 0.3 is 0 Å². The van der Waals surface area contributed by atoms with E-state index in [1.165, 1.54) is 71.2 Å². The van der Waals surface area contributed by atoms with Gasteiger partial charge in [-0.1, -0.05) is 19.8 Å². The van der Waals surface area contributed by atoms with Crippen molar-refractivity contribution in [3.8, 4) is 0 Å². The van der Waals surface area contributed by atoms with Crippen LogP contribution in [0.25, 0.3) is 0 Å². The van der Waals surface area contributed by atoms with Gasteiger partial charge in [-0.25, -0.2) is 0 Å². The van der Waals surface area contributed by atoms with Crippen molar-refractivity contribution in [2.24, 2.45) is 11.7 Å². The monoisotopic (exact) mass is 253 g/mol. The summed E-state index contributed by atoms with van der Waals surface area (Å²) in [7, 11) is 0. The molecule has 0 aromatic carbocycles. The maximum absolute atomic E-state index is 5.97. The highest BCUT2D eigenvalue weighted by Gasteiger charge is 2.28. The summed E-state index contributed by atoms with van der Waals surface area (Å²) in [5, 5.41) is 0. The van der Waals surface area contributed by atoms with E-state index in [0.717, 1.165) is 18.5 Å². The lowest BCUT2D eigenvalue weighted by Crippen LogP contribution is -2.47. The van der Waals surface area contributed by atoms with Crippen molar-refractivity contribution in [1.82, 2.24) is 9.80 Å². The summed E-state index contributed by atoms with van der Waals surface area (Å²) in [6.07, 6.45) is 8.32.